The van der Waals surface area contributed by atoms with Crippen LogP contribution in [0.3, 0.4) is 0 Å². The molecule has 32 heavy (non-hydrogen) atoms. The van der Waals surface area contributed by atoms with Gasteiger partial charge in [0.2, 0.25) is 5.79 Å². The zero-order chi connectivity index (χ0) is 22.9. The summed E-state index contributed by atoms with van der Waals surface area (Å²) in [7, 11) is 0. The molecule has 2 aliphatic heterocycles. The first-order valence-electron chi connectivity index (χ1n) is 10.5. The molecule has 0 aromatic heterocycles. The maximum Gasteiger partial charge on any atom is 0.222 e. The van der Waals surface area contributed by atoms with Gasteiger partial charge in [0, 0.05) is 17.0 Å². The SMILES string of the molecule is OC[C@H]1O[C@](O)(c2ccc(Cl)c(Cc3ccc(OC4CCOC4)cc3)c2)[C@H](O)[C@@H](O)[C@@H]1O. The predicted molar refractivity (Wildman–Crippen MR) is 114 cm³/mol. The van der Waals surface area contributed by atoms with E-state index in [0.717, 1.165) is 17.7 Å². The molecule has 5 N–H and O–H groups in total. The van der Waals surface area contributed by atoms with E-state index < -0.39 is 36.8 Å². The van der Waals surface area contributed by atoms with Gasteiger partial charge >= 0.3 is 0 Å². The number of hydrogen-bond acceptors (Lipinski definition) is 8. The third kappa shape index (κ3) is 4.64. The van der Waals surface area contributed by atoms with Crippen LogP contribution < -0.4 is 4.74 Å². The van der Waals surface area contributed by atoms with Crippen molar-refractivity contribution in [1.29, 1.82) is 0 Å². The highest BCUT2D eigenvalue weighted by Gasteiger charge is 2.53. The number of aliphatic hydroxyl groups excluding tert-OH is 4. The van der Waals surface area contributed by atoms with Crippen LogP contribution >= 0.6 is 11.6 Å². The third-order valence-electron chi connectivity index (χ3n) is 5.93. The highest BCUT2D eigenvalue weighted by molar-refractivity contribution is 6.31. The molecule has 1 unspecified atom stereocenters. The molecule has 2 aromatic carbocycles. The molecular weight excluding hydrogens is 440 g/mol. The number of rotatable bonds is 6. The lowest BCUT2D eigenvalue weighted by Crippen LogP contribution is -2.63. The highest BCUT2D eigenvalue weighted by Crippen LogP contribution is 2.38. The number of hydrogen-bond donors (Lipinski definition) is 5. The fourth-order valence-electron chi connectivity index (χ4n) is 4.03. The zero-order valence-corrected chi connectivity index (χ0v) is 18.1. The molecule has 0 bridgehead atoms. The summed E-state index contributed by atoms with van der Waals surface area (Å²) in [6.07, 6.45) is -4.99. The zero-order valence-electron chi connectivity index (χ0n) is 17.3. The van der Waals surface area contributed by atoms with Crippen molar-refractivity contribution in [2.24, 2.45) is 0 Å². The van der Waals surface area contributed by atoms with E-state index in [1.807, 2.05) is 24.3 Å². The van der Waals surface area contributed by atoms with Crippen molar-refractivity contribution >= 4 is 11.6 Å². The van der Waals surface area contributed by atoms with E-state index in [2.05, 4.69) is 0 Å². The second-order valence-corrected chi connectivity index (χ2v) is 8.60. The van der Waals surface area contributed by atoms with Gasteiger partial charge in [-0.1, -0.05) is 29.8 Å². The summed E-state index contributed by atoms with van der Waals surface area (Å²) >= 11 is 6.37. The Morgan fingerprint density at radius 1 is 1.06 bits per heavy atom. The summed E-state index contributed by atoms with van der Waals surface area (Å²) in [5.74, 6) is -1.58. The molecule has 0 aliphatic carbocycles. The van der Waals surface area contributed by atoms with Crippen LogP contribution in [0.15, 0.2) is 42.5 Å². The Balaban J connectivity index is 1.53. The van der Waals surface area contributed by atoms with Gasteiger partial charge < -0.3 is 39.7 Å². The first-order valence-corrected chi connectivity index (χ1v) is 10.9. The second kappa shape index (κ2) is 9.62. The molecule has 174 valence electrons. The van der Waals surface area contributed by atoms with Crippen molar-refractivity contribution in [3.05, 3.63) is 64.2 Å². The van der Waals surface area contributed by atoms with Gasteiger partial charge in [-0.2, -0.15) is 0 Å². The minimum atomic E-state index is -2.33. The minimum Gasteiger partial charge on any atom is -0.488 e. The van der Waals surface area contributed by atoms with E-state index in [1.54, 1.807) is 12.1 Å². The van der Waals surface area contributed by atoms with Crippen molar-refractivity contribution < 1.29 is 39.7 Å². The number of aliphatic hydroxyl groups is 5. The van der Waals surface area contributed by atoms with Gasteiger partial charge in [0.25, 0.3) is 0 Å². The molecule has 2 aromatic rings. The molecule has 9 heteroatoms. The van der Waals surface area contributed by atoms with Crippen LogP contribution in [0.1, 0.15) is 23.1 Å². The van der Waals surface area contributed by atoms with Gasteiger partial charge in [0.1, 0.15) is 36.3 Å². The summed E-state index contributed by atoms with van der Waals surface area (Å²) in [4.78, 5) is 0. The van der Waals surface area contributed by atoms with Crippen LogP contribution in [-0.4, -0.2) is 75.9 Å². The molecule has 6 atom stereocenters. The maximum atomic E-state index is 11.0. The molecule has 2 heterocycles. The Bertz CT molecular complexity index is 915. The van der Waals surface area contributed by atoms with Crippen LogP contribution in [0.25, 0.3) is 0 Å². The van der Waals surface area contributed by atoms with E-state index in [-0.39, 0.29) is 11.7 Å². The Hall–Kier alpha value is -1.75. The summed E-state index contributed by atoms with van der Waals surface area (Å²) < 4.78 is 16.6. The lowest BCUT2D eigenvalue weighted by molar-refractivity contribution is -0.357. The monoisotopic (exact) mass is 466 g/mol. The molecule has 4 rings (SSSR count). The summed E-state index contributed by atoms with van der Waals surface area (Å²) in [6, 6.07) is 12.2. The van der Waals surface area contributed by atoms with Crippen molar-refractivity contribution in [2.75, 3.05) is 19.8 Å². The number of benzene rings is 2. The summed E-state index contributed by atoms with van der Waals surface area (Å²) in [6.45, 7) is 0.649. The summed E-state index contributed by atoms with van der Waals surface area (Å²) in [5, 5.41) is 51.4. The van der Waals surface area contributed by atoms with E-state index in [4.69, 9.17) is 25.8 Å². The van der Waals surface area contributed by atoms with Crippen molar-refractivity contribution in [1.82, 2.24) is 0 Å². The van der Waals surface area contributed by atoms with E-state index in [1.165, 1.54) is 6.07 Å². The average Bonchev–Trinajstić information content (AvgIpc) is 3.30. The van der Waals surface area contributed by atoms with Crippen molar-refractivity contribution in [3.8, 4) is 5.75 Å². The van der Waals surface area contributed by atoms with E-state index in [9.17, 15) is 25.5 Å². The van der Waals surface area contributed by atoms with Gasteiger partial charge in [-0.15, -0.1) is 0 Å². The number of halogens is 1. The second-order valence-electron chi connectivity index (χ2n) is 8.19. The van der Waals surface area contributed by atoms with Crippen LogP contribution in [0.5, 0.6) is 5.75 Å². The molecule has 0 radical (unpaired) electrons. The van der Waals surface area contributed by atoms with Crippen LogP contribution in [-0.2, 0) is 21.7 Å². The van der Waals surface area contributed by atoms with Gasteiger partial charge in [-0.3, -0.25) is 0 Å². The first kappa shape index (κ1) is 23.4. The molecule has 2 aliphatic rings. The van der Waals surface area contributed by atoms with Gasteiger partial charge in [-0.25, -0.2) is 0 Å². The Kier molecular flexibility index (Phi) is 7.04. The van der Waals surface area contributed by atoms with E-state index in [0.29, 0.717) is 30.2 Å². The van der Waals surface area contributed by atoms with Gasteiger partial charge in [0.15, 0.2) is 0 Å². The smallest absolute Gasteiger partial charge is 0.222 e. The molecule has 2 saturated heterocycles. The van der Waals surface area contributed by atoms with Crippen LogP contribution in [0.2, 0.25) is 5.02 Å². The fourth-order valence-corrected chi connectivity index (χ4v) is 4.21. The molecule has 0 amide bonds. The topological polar surface area (TPSA) is 129 Å². The molecule has 0 saturated carbocycles. The van der Waals surface area contributed by atoms with Gasteiger partial charge in [0.05, 0.1) is 19.8 Å². The average molecular weight is 467 g/mol. The quantitative estimate of drug-likeness (QED) is 0.421. The Morgan fingerprint density at radius 2 is 1.81 bits per heavy atom. The van der Waals surface area contributed by atoms with Crippen molar-refractivity contribution in [2.45, 2.75) is 49.1 Å². The molecule has 8 nitrogen and oxygen atoms in total. The minimum absolute atomic E-state index is 0.0613. The lowest BCUT2D eigenvalue weighted by atomic mass is 9.87. The largest absolute Gasteiger partial charge is 0.488 e. The molecule has 0 spiro atoms. The lowest BCUT2D eigenvalue weighted by Gasteiger charge is -2.45. The van der Waals surface area contributed by atoms with Crippen LogP contribution in [0.4, 0.5) is 0 Å². The van der Waals surface area contributed by atoms with Crippen LogP contribution in [0, 0.1) is 0 Å². The fraction of sp³-hybridized carbons (Fsp3) is 0.478. The molecular formula is C23H27ClO8. The normalized spacial score (nSPS) is 32.8. The first-order chi connectivity index (χ1) is 15.3. The Labute approximate surface area is 190 Å². The number of ether oxygens (including phenoxy) is 3. The summed E-state index contributed by atoms with van der Waals surface area (Å²) in [5.41, 5.74) is 1.75. The maximum absolute atomic E-state index is 11.0. The predicted octanol–water partition coefficient (Wildman–Crippen LogP) is 0.717. The molecule has 2 fully saturated rings. The van der Waals surface area contributed by atoms with Crippen molar-refractivity contribution in [3.63, 3.8) is 0 Å². The standard InChI is InChI=1S/C23H27ClO8/c24-18-6-3-15(23(29)22(28)21(27)20(26)19(11-25)32-23)10-14(18)9-13-1-4-16(5-2-13)31-17-7-8-30-12-17/h1-6,10,17,19-22,25-29H,7-9,11-12H2/t17?,19-,20-,21+,22-,23-/m1/s1. The van der Waals surface area contributed by atoms with Gasteiger partial charge in [-0.05, 0) is 41.8 Å². The Morgan fingerprint density at radius 3 is 2.47 bits per heavy atom. The highest BCUT2D eigenvalue weighted by atomic mass is 35.5. The van der Waals surface area contributed by atoms with E-state index >= 15 is 0 Å². The third-order valence-corrected chi connectivity index (χ3v) is 6.30.